The minimum atomic E-state index is -4.62. The quantitative estimate of drug-likeness (QED) is 0.163. The Kier molecular flexibility index (Phi) is 6.33. The number of hydrogen-bond acceptors (Lipinski definition) is 3. The number of benzene rings is 3. The van der Waals surface area contributed by atoms with E-state index in [4.69, 9.17) is 5.11 Å². The predicted molar refractivity (Wildman–Crippen MR) is 134 cm³/mol. The van der Waals surface area contributed by atoms with Crippen molar-refractivity contribution in [2.45, 2.75) is 19.0 Å². The van der Waals surface area contributed by atoms with Crippen LogP contribution < -0.4 is 0 Å². The van der Waals surface area contributed by atoms with Crippen molar-refractivity contribution in [3.63, 3.8) is 0 Å². The number of allylic oxidation sites excluding steroid dienone is 1. The van der Waals surface area contributed by atoms with Gasteiger partial charge in [-0.1, -0.05) is 48.5 Å². The van der Waals surface area contributed by atoms with Gasteiger partial charge in [0, 0.05) is 11.6 Å². The summed E-state index contributed by atoms with van der Waals surface area (Å²) in [7, 11) is 0. The average molecular weight is 517 g/mol. The van der Waals surface area contributed by atoms with Gasteiger partial charge in [-0.2, -0.15) is 27.9 Å². The molecule has 1 aliphatic carbocycles. The van der Waals surface area contributed by atoms with Crippen LogP contribution >= 0.6 is 0 Å². The molecule has 0 saturated heterocycles. The van der Waals surface area contributed by atoms with Crippen LogP contribution in [0.25, 0.3) is 28.1 Å². The summed E-state index contributed by atoms with van der Waals surface area (Å²) in [4.78, 5) is 10.9. The summed E-state index contributed by atoms with van der Waals surface area (Å²) >= 11 is 0. The van der Waals surface area contributed by atoms with Crippen molar-refractivity contribution in [1.82, 2.24) is 10.2 Å². The maximum Gasteiger partial charge on any atom is 0.416 e. The molecule has 0 radical (unpaired) electrons. The molecule has 0 bridgehead atoms. The fourth-order valence-corrected chi connectivity index (χ4v) is 4.68. The molecule has 190 valence electrons. The normalized spacial score (nSPS) is 14.5. The molecule has 3 aromatic carbocycles. The monoisotopic (exact) mass is 517 g/mol. The average Bonchev–Trinajstić information content (AvgIpc) is 3.67. The van der Waals surface area contributed by atoms with Crippen LogP contribution in [0.4, 0.5) is 17.6 Å². The van der Waals surface area contributed by atoms with Gasteiger partial charge in [0.25, 0.3) is 0 Å². The van der Waals surface area contributed by atoms with Crippen molar-refractivity contribution in [1.29, 1.82) is 5.26 Å². The number of nitrogens with one attached hydrogen (secondary N) is 1. The summed E-state index contributed by atoms with van der Waals surface area (Å²) in [6.45, 7) is 0. The first kappa shape index (κ1) is 25.0. The molecule has 9 heteroatoms. The largest absolute Gasteiger partial charge is 0.478 e. The van der Waals surface area contributed by atoms with Crippen LogP contribution in [0, 0.1) is 23.2 Å². The number of nitriles is 1. The Morgan fingerprint density at radius 3 is 2.39 bits per heavy atom. The van der Waals surface area contributed by atoms with Crippen molar-refractivity contribution in [2.75, 3.05) is 0 Å². The molecular weight excluding hydrogens is 498 g/mol. The van der Waals surface area contributed by atoms with E-state index in [0.29, 0.717) is 35.1 Å². The third kappa shape index (κ3) is 4.68. The Labute approximate surface area is 214 Å². The Bertz CT molecular complexity index is 1650. The molecule has 0 unspecified atom stereocenters. The Morgan fingerprint density at radius 2 is 1.76 bits per heavy atom. The molecule has 4 aromatic rings. The van der Waals surface area contributed by atoms with Crippen LogP contribution in [0.1, 0.15) is 46.2 Å². The van der Waals surface area contributed by atoms with Crippen LogP contribution in [0.15, 0.2) is 66.7 Å². The number of carboxylic acid groups (broad SMARTS) is 1. The van der Waals surface area contributed by atoms with Gasteiger partial charge in [-0.3, -0.25) is 5.10 Å². The van der Waals surface area contributed by atoms with Gasteiger partial charge in [0.15, 0.2) is 0 Å². The molecule has 0 aliphatic heterocycles. The lowest BCUT2D eigenvalue weighted by Crippen LogP contribution is -2.10. The Balaban J connectivity index is 1.86. The molecule has 0 atom stereocenters. The summed E-state index contributed by atoms with van der Waals surface area (Å²) in [5.41, 5.74) is 1.56. The molecule has 1 aromatic heterocycles. The second kappa shape index (κ2) is 9.63. The van der Waals surface area contributed by atoms with E-state index < -0.39 is 23.7 Å². The number of hydrogen-bond donors (Lipinski definition) is 2. The number of carboxylic acids is 1. The van der Waals surface area contributed by atoms with Crippen LogP contribution in [0.5, 0.6) is 0 Å². The van der Waals surface area contributed by atoms with E-state index in [1.807, 2.05) is 6.07 Å². The van der Waals surface area contributed by atoms with Gasteiger partial charge in [0.1, 0.15) is 6.07 Å². The number of aromatic amines is 1. The molecule has 5 nitrogen and oxygen atoms in total. The van der Waals surface area contributed by atoms with Crippen LogP contribution in [-0.2, 0) is 11.0 Å². The number of H-pyrrole nitrogens is 1. The van der Waals surface area contributed by atoms with Gasteiger partial charge in [0.2, 0.25) is 5.95 Å². The number of aliphatic carboxylic acids is 1. The van der Waals surface area contributed by atoms with Gasteiger partial charge in [-0.15, -0.1) is 0 Å². The lowest BCUT2D eigenvalue weighted by molar-refractivity contribution is -0.137. The second-order valence-electron chi connectivity index (χ2n) is 8.93. The molecular formula is C29H19F4N3O2. The van der Waals surface area contributed by atoms with E-state index in [-0.39, 0.29) is 33.5 Å². The fraction of sp³-hybridized carbons (Fsp3) is 0.138. The molecule has 38 heavy (non-hydrogen) atoms. The highest BCUT2D eigenvalue weighted by atomic mass is 19.4. The minimum absolute atomic E-state index is 0.00371. The third-order valence-corrected chi connectivity index (χ3v) is 6.45. The number of alkyl halides is 3. The lowest BCUT2D eigenvalue weighted by atomic mass is 9.83. The number of nitrogens with zero attached hydrogens (tertiary/aromatic N) is 2. The maximum absolute atomic E-state index is 14.7. The van der Waals surface area contributed by atoms with E-state index in [0.717, 1.165) is 12.1 Å². The van der Waals surface area contributed by atoms with Gasteiger partial charge in [-0.25, -0.2) is 4.79 Å². The number of aromatic nitrogens is 2. The standard InChI is InChI=1S/C29H19F4N3O2/c30-28-27-21(15-34)19(12-13-23(27)35-36-28)25(17-8-5-16(6-9-17)7-14-24(37)38)26(18-10-11-18)20-3-1-2-4-22(20)29(31,32)33/h1-9,12-14,18H,10-11H2,(H,35,36)(H,37,38)/b14-7+,26-25?. The highest BCUT2D eigenvalue weighted by Crippen LogP contribution is 2.51. The first-order valence-electron chi connectivity index (χ1n) is 11.7. The van der Waals surface area contributed by atoms with Gasteiger partial charge in [0.05, 0.1) is 22.0 Å². The first-order valence-corrected chi connectivity index (χ1v) is 11.7. The molecule has 1 aliphatic rings. The highest BCUT2D eigenvalue weighted by molar-refractivity contribution is 6.04. The summed E-state index contributed by atoms with van der Waals surface area (Å²) in [5, 5.41) is 25.1. The van der Waals surface area contributed by atoms with Crippen LogP contribution in [0.3, 0.4) is 0 Å². The minimum Gasteiger partial charge on any atom is -0.478 e. The van der Waals surface area contributed by atoms with E-state index in [2.05, 4.69) is 10.2 Å². The van der Waals surface area contributed by atoms with Crippen molar-refractivity contribution in [3.05, 3.63) is 106 Å². The van der Waals surface area contributed by atoms with Gasteiger partial charge < -0.3 is 5.11 Å². The SMILES string of the molecule is N#Cc1c(C(=C(c2ccccc2C(F)(F)F)C2CC2)c2ccc(/C=C/C(=O)O)cc2)ccc2n[nH]c(F)c12. The van der Waals surface area contributed by atoms with E-state index in [1.54, 1.807) is 30.3 Å². The van der Waals surface area contributed by atoms with Crippen molar-refractivity contribution < 1.29 is 27.5 Å². The highest BCUT2D eigenvalue weighted by Gasteiger charge is 2.39. The van der Waals surface area contributed by atoms with E-state index >= 15 is 0 Å². The smallest absolute Gasteiger partial charge is 0.416 e. The molecule has 0 spiro atoms. The van der Waals surface area contributed by atoms with E-state index in [9.17, 15) is 27.6 Å². The Morgan fingerprint density at radius 1 is 1.05 bits per heavy atom. The van der Waals surface area contributed by atoms with Crippen LogP contribution in [-0.4, -0.2) is 21.3 Å². The summed E-state index contributed by atoms with van der Waals surface area (Å²) in [6.07, 6.45) is -0.927. The van der Waals surface area contributed by atoms with E-state index in [1.165, 1.54) is 30.3 Å². The fourth-order valence-electron chi connectivity index (χ4n) is 4.68. The van der Waals surface area contributed by atoms with Gasteiger partial charge in [-0.05, 0) is 64.8 Å². The molecule has 5 rings (SSSR count). The number of carbonyl (C=O) groups is 1. The van der Waals surface area contributed by atoms with Crippen molar-refractivity contribution in [2.24, 2.45) is 5.92 Å². The number of rotatable bonds is 6. The van der Waals surface area contributed by atoms with Gasteiger partial charge >= 0.3 is 12.1 Å². The van der Waals surface area contributed by atoms with Crippen molar-refractivity contribution >= 4 is 34.1 Å². The summed E-state index contributed by atoms with van der Waals surface area (Å²) in [6, 6.07) is 17.0. The molecule has 0 amide bonds. The molecule has 1 heterocycles. The van der Waals surface area contributed by atoms with Crippen molar-refractivity contribution in [3.8, 4) is 6.07 Å². The summed E-state index contributed by atoms with van der Waals surface area (Å²) in [5.74, 6) is -2.13. The molecule has 2 N–H and O–H groups in total. The van der Waals surface area contributed by atoms with Crippen LogP contribution in [0.2, 0.25) is 0 Å². The summed E-state index contributed by atoms with van der Waals surface area (Å²) < 4.78 is 57.1. The zero-order chi connectivity index (χ0) is 27.0. The topological polar surface area (TPSA) is 89.8 Å². The Hall–Kier alpha value is -4.71. The molecule has 1 saturated carbocycles. The second-order valence-corrected chi connectivity index (χ2v) is 8.93. The number of fused-ring (bicyclic) bond motifs is 1. The first-order chi connectivity index (χ1) is 18.2. The predicted octanol–water partition coefficient (Wildman–Crippen LogP) is 7.06. The maximum atomic E-state index is 14.7. The zero-order valence-electron chi connectivity index (χ0n) is 19.7. The zero-order valence-corrected chi connectivity index (χ0v) is 19.7. The number of halogens is 4. The lowest BCUT2D eigenvalue weighted by Gasteiger charge is -2.21. The third-order valence-electron chi connectivity index (χ3n) is 6.45. The molecule has 1 fully saturated rings.